The van der Waals surface area contributed by atoms with E-state index in [9.17, 15) is 4.79 Å². The van der Waals surface area contributed by atoms with Crippen molar-refractivity contribution in [2.24, 2.45) is 0 Å². The van der Waals surface area contributed by atoms with Gasteiger partial charge in [-0.05, 0) is 43.0 Å². The van der Waals surface area contributed by atoms with Gasteiger partial charge in [-0.1, -0.05) is 61.2 Å². The van der Waals surface area contributed by atoms with Crippen molar-refractivity contribution in [3.05, 3.63) is 78.1 Å². The Kier molecular flexibility index (Phi) is 8.92. The Balaban J connectivity index is 1.54. The van der Waals surface area contributed by atoms with Crippen LogP contribution >= 0.6 is 11.8 Å². The van der Waals surface area contributed by atoms with Crippen molar-refractivity contribution in [2.75, 3.05) is 17.7 Å². The monoisotopic (exact) mass is 450 g/mol. The highest BCUT2D eigenvalue weighted by atomic mass is 32.2. The van der Waals surface area contributed by atoms with Gasteiger partial charge >= 0.3 is 0 Å². The number of aromatic nitrogens is 3. The van der Waals surface area contributed by atoms with Gasteiger partial charge in [0, 0.05) is 18.7 Å². The van der Waals surface area contributed by atoms with Crippen LogP contribution in [0.1, 0.15) is 30.3 Å². The molecule has 0 aliphatic rings. The second kappa shape index (κ2) is 12.1. The smallest absolute Gasteiger partial charge is 0.234 e. The molecule has 3 aromatic rings. The Hall–Kier alpha value is -3.06. The predicted molar refractivity (Wildman–Crippen MR) is 130 cm³/mol. The van der Waals surface area contributed by atoms with Crippen LogP contribution in [0.15, 0.2) is 66.3 Å². The summed E-state index contributed by atoms with van der Waals surface area (Å²) in [5.74, 6) is 1.99. The fourth-order valence-corrected chi connectivity index (χ4v) is 4.09. The first-order chi connectivity index (χ1) is 15.6. The number of allylic oxidation sites excluding steroid dienone is 1. The third-order valence-electron chi connectivity index (χ3n) is 5.01. The maximum atomic E-state index is 12.5. The molecule has 7 heteroatoms. The molecule has 0 radical (unpaired) electrons. The van der Waals surface area contributed by atoms with E-state index in [1.165, 1.54) is 11.8 Å². The fraction of sp³-hybridized carbons (Fsp3) is 0.320. The van der Waals surface area contributed by atoms with Crippen LogP contribution in [0.2, 0.25) is 0 Å². The van der Waals surface area contributed by atoms with Crippen molar-refractivity contribution < 1.29 is 9.53 Å². The van der Waals surface area contributed by atoms with Crippen molar-refractivity contribution in [2.45, 2.75) is 44.8 Å². The van der Waals surface area contributed by atoms with Crippen LogP contribution in [-0.4, -0.2) is 33.0 Å². The van der Waals surface area contributed by atoms with Gasteiger partial charge in [0.1, 0.15) is 11.6 Å². The molecule has 0 saturated heterocycles. The minimum atomic E-state index is -0.0581. The molecule has 0 spiro atoms. The Morgan fingerprint density at radius 1 is 1.19 bits per heavy atom. The lowest BCUT2D eigenvalue weighted by Crippen LogP contribution is -2.16. The molecular formula is C25H30N4O2S. The molecule has 0 aliphatic heterocycles. The van der Waals surface area contributed by atoms with Crippen LogP contribution in [-0.2, 0) is 24.2 Å². The van der Waals surface area contributed by atoms with E-state index in [4.69, 9.17) is 4.74 Å². The van der Waals surface area contributed by atoms with Crippen molar-refractivity contribution in [1.82, 2.24) is 14.8 Å². The number of benzene rings is 2. The number of ether oxygens (including phenoxy) is 1. The molecule has 0 bridgehead atoms. The summed E-state index contributed by atoms with van der Waals surface area (Å²) >= 11 is 1.38. The number of carbonyl (C=O) groups excluding carboxylic acids is 1. The molecule has 0 unspecified atom stereocenters. The van der Waals surface area contributed by atoms with Crippen molar-refractivity contribution >= 4 is 23.4 Å². The average molecular weight is 451 g/mol. The van der Waals surface area contributed by atoms with Crippen LogP contribution in [0.5, 0.6) is 5.75 Å². The largest absolute Gasteiger partial charge is 0.493 e. The standard InChI is InChI=1S/C25H30N4O2S/c1-4-16-29-23(15-10-17-31-22-14-9-6-11-19(22)3)27-28-25(29)32-18-24(30)26-21-13-8-7-12-20(21)5-2/h4,6-9,11-14H,1,5,10,15-18H2,2-3H3,(H,26,30). The number of carbonyl (C=O) groups is 1. The number of para-hydroxylation sites is 2. The lowest BCUT2D eigenvalue weighted by molar-refractivity contribution is -0.113. The SMILES string of the molecule is C=CCn1c(CCCOc2ccccc2C)nnc1SCC(=O)Nc1ccccc1CC. The number of hydrogen-bond acceptors (Lipinski definition) is 5. The van der Waals surface area contributed by atoms with Crippen molar-refractivity contribution in [1.29, 1.82) is 0 Å². The summed E-state index contributed by atoms with van der Waals surface area (Å²) in [4.78, 5) is 12.5. The van der Waals surface area contributed by atoms with E-state index >= 15 is 0 Å². The molecule has 0 saturated carbocycles. The first kappa shape index (κ1) is 23.6. The zero-order valence-corrected chi connectivity index (χ0v) is 19.5. The number of thioether (sulfide) groups is 1. The quantitative estimate of drug-likeness (QED) is 0.237. The van der Waals surface area contributed by atoms with Gasteiger partial charge in [0.05, 0.1) is 12.4 Å². The van der Waals surface area contributed by atoms with E-state index in [1.54, 1.807) is 0 Å². The summed E-state index contributed by atoms with van der Waals surface area (Å²) in [6.45, 7) is 9.16. The highest BCUT2D eigenvalue weighted by Crippen LogP contribution is 2.21. The lowest BCUT2D eigenvalue weighted by Gasteiger charge is -2.11. The fourth-order valence-electron chi connectivity index (χ4n) is 3.32. The molecule has 0 aliphatic carbocycles. The van der Waals surface area contributed by atoms with Gasteiger partial charge in [0.2, 0.25) is 5.91 Å². The van der Waals surface area contributed by atoms with Gasteiger partial charge in [-0.25, -0.2) is 0 Å². The van der Waals surface area contributed by atoms with Gasteiger partial charge in [-0.2, -0.15) is 0 Å². The summed E-state index contributed by atoms with van der Waals surface area (Å²) in [6.07, 6.45) is 4.25. The topological polar surface area (TPSA) is 69.0 Å². The van der Waals surface area contributed by atoms with E-state index in [1.807, 2.05) is 66.1 Å². The third kappa shape index (κ3) is 6.47. The zero-order valence-electron chi connectivity index (χ0n) is 18.7. The molecule has 1 heterocycles. The molecule has 0 fully saturated rings. The number of anilines is 1. The Bertz CT molecular complexity index is 1050. The second-order valence-electron chi connectivity index (χ2n) is 7.36. The van der Waals surface area contributed by atoms with Crippen LogP contribution in [0.25, 0.3) is 0 Å². The first-order valence-corrected chi connectivity index (χ1v) is 11.8. The first-order valence-electron chi connectivity index (χ1n) is 10.8. The maximum Gasteiger partial charge on any atom is 0.234 e. The van der Waals surface area contributed by atoms with Crippen LogP contribution < -0.4 is 10.1 Å². The van der Waals surface area contributed by atoms with Gasteiger partial charge in [-0.3, -0.25) is 4.79 Å². The molecule has 6 nitrogen and oxygen atoms in total. The van der Waals surface area contributed by atoms with Crippen molar-refractivity contribution in [3.63, 3.8) is 0 Å². The van der Waals surface area contributed by atoms with Gasteiger partial charge in [0.25, 0.3) is 0 Å². The maximum absolute atomic E-state index is 12.5. The molecule has 0 atom stereocenters. The average Bonchev–Trinajstić information content (AvgIpc) is 3.18. The van der Waals surface area contributed by atoms with E-state index < -0.39 is 0 Å². The summed E-state index contributed by atoms with van der Waals surface area (Å²) in [5.41, 5.74) is 3.11. The van der Waals surface area contributed by atoms with Gasteiger partial charge in [-0.15, -0.1) is 16.8 Å². The minimum Gasteiger partial charge on any atom is -0.493 e. The normalized spacial score (nSPS) is 10.7. The number of amides is 1. The molecule has 168 valence electrons. The third-order valence-corrected chi connectivity index (χ3v) is 5.97. The molecule has 2 aromatic carbocycles. The minimum absolute atomic E-state index is 0.0581. The number of nitrogens with one attached hydrogen (secondary N) is 1. The number of rotatable bonds is 12. The highest BCUT2D eigenvalue weighted by molar-refractivity contribution is 7.99. The van der Waals surface area contributed by atoms with E-state index in [2.05, 4.69) is 29.0 Å². The summed E-state index contributed by atoms with van der Waals surface area (Å²) in [7, 11) is 0. The number of aryl methyl sites for hydroxylation is 3. The number of nitrogens with zero attached hydrogens (tertiary/aromatic N) is 3. The van der Waals surface area contributed by atoms with E-state index in [-0.39, 0.29) is 11.7 Å². The Morgan fingerprint density at radius 2 is 1.97 bits per heavy atom. The molecular weight excluding hydrogens is 420 g/mol. The second-order valence-corrected chi connectivity index (χ2v) is 8.31. The molecule has 3 rings (SSSR count). The zero-order chi connectivity index (χ0) is 22.8. The summed E-state index contributed by atoms with van der Waals surface area (Å²) in [5, 5.41) is 12.4. The Morgan fingerprint density at radius 3 is 2.75 bits per heavy atom. The van der Waals surface area contributed by atoms with Crippen LogP contribution in [0.3, 0.4) is 0 Å². The van der Waals surface area contributed by atoms with Crippen LogP contribution in [0, 0.1) is 6.92 Å². The van der Waals surface area contributed by atoms with Crippen molar-refractivity contribution in [3.8, 4) is 5.75 Å². The predicted octanol–water partition coefficient (Wildman–Crippen LogP) is 5.08. The highest BCUT2D eigenvalue weighted by Gasteiger charge is 2.14. The summed E-state index contributed by atoms with van der Waals surface area (Å²) in [6, 6.07) is 15.9. The molecule has 1 amide bonds. The van der Waals surface area contributed by atoms with Gasteiger partial charge in [0.15, 0.2) is 5.16 Å². The Labute approximate surface area is 194 Å². The molecule has 1 N–H and O–H groups in total. The van der Waals surface area contributed by atoms with E-state index in [0.717, 1.165) is 52.8 Å². The number of hydrogen-bond donors (Lipinski definition) is 1. The summed E-state index contributed by atoms with van der Waals surface area (Å²) < 4.78 is 7.90. The lowest BCUT2D eigenvalue weighted by atomic mass is 10.1. The van der Waals surface area contributed by atoms with Crippen LogP contribution in [0.4, 0.5) is 5.69 Å². The molecule has 32 heavy (non-hydrogen) atoms. The molecule has 1 aromatic heterocycles. The van der Waals surface area contributed by atoms with Gasteiger partial charge < -0.3 is 14.6 Å². The van der Waals surface area contributed by atoms with E-state index in [0.29, 0.717) is 13.2 Å².